The van der Waals surface area contributed by atoms with Crippen LogP contribution in [0.15, 0.2) is 53.4 Å². The van der Waals surface area contributed by atoms with E-state index in [0.29, 0.717) is 37.8 Å². The number of nitrogens with zero attached hydrogens (tertiary/aromatic N) is 1. The molecule has 1 amide bonds. The molecule has 0 radical (unpaired) electrons. The second-order valence-corrected chi connectivity index (χ2v) is 13.5. The minimum absolute atomic E-state index is 0.0130. The Morgan fingerprint density at radius 1 is 0.977 bits per heavy atom. The Morgan fingerprint density at radius 2 is 1.52 bits per heavy atom. The highest BCUT2D eigenvalue weighted by Crippen LogP contribution is 2.50. The van der Waals surface area contributed by atoms with Gasteiger partial charge in [0.05, 0.1) is 10.6 Å². The smallest absolute Gasteiger partial charge is 0.369 e. The lowest BCUT2D eigenvalue weighted by Crippen LogP contribution is -2.54. The summed E-state index contributed by atoms with van der Waals surface area (Å²) in [7, 11) is -2.84. The average Bonchev–Trinajstić information content (AvgIpc) is 3.39. The van der Waals surface area contributed by atoms with Crippen LogP contribution in [0.4, 0.5) is 30.7 Å². The number of hydrogen-bond acceptors (Lipinski definition) is 6. The molecule has 1 saturated carbocycles. The van der Waals surface area contributed by atoms with Gasteiger partial charge in [-0.2, -0.15) is 26.3 Å². The van der Waals surface area contributed by atoms with Crippen molar-refractivity contribution in [3.8, 4) is 0 Å². The first-order valence-electron chi connectivity index (χ1n) is 13.8. The molecule has 1 unspecified atom stereocenters. The fraction of sp³-hybridized carbons (Fsp3) is 0.552. The van der Waals surface area contributed by atoms with E-state index in [9.17, 15) is 54.2 Å². The molecule has 7 nitrogen and oxygen atoms in total. The predicted octanol–water partition coefficient (Wildman–Crippen LogP) is 4.85. The van der Waals surface area contributed by atoms with Crippen LogP contribution >= 0.6 is 0 Å². The van der Waals surface area contributed by atoms with E-state index in [-0.39, 0.29) is 41.8 Å². The topological polar surface area (TPSA) is 104 Å². The van der Waals surface area contributed by atoms with Crippen molar-refractivity contribution >= 4 is 15.7 Å². The normalized spacial score (nSPS) is 24.4. The maximum absolute atomic E-state index is 13.5. The molecule has 244 valence electrons. The molecule has 0 bridgehead atoms. The van der Waals surface area contributed by atoms with Crippen LogP contribution in [0.2, 0.25) is 0 Å². The summed E-state index contributed by atoms with van der Waals surface area (Å²) >= 11 is 0. The molecule has 2 N–H and O–H groups in total. The van der Waals surface area contributed by atoms with Crippen LogP contribution in [-0.2, 0) is 30.4 Å². The van der Waals surface area contributed by atoms with E-state index >= 15 is 0 Å². The zero-order chi connectivity index (χ0) is 32.7. The van der Waals surface area contributed by atoms with Crippen LogP contribution < -0.4 is 0 Å². The highest BCUT2D eigenvalue weighted by Gasteiger charge is 2.71. The van der Waals surface area contributed by atoms with E-state index in [1.54, 1.807) is 0 Å². The van der Waals surface area contributed by atoms with Crippen molar-refractivity contribution in [2.75, 3.05) is 26.0 Å². The molecule has 0 spiro atoms. The molecule has 2 atom stereocenters. The molecule has 1 aliphatic heterocycles. The maximum atomic E-state index is 13.5. The van der Waals surface area contributed by atoms with Gasteiger partial charge in [0.2, 0.25) is 5.91 Å². The number of sulfone groups is 1. The van der Waals surface area contributed by atoms with Gasteiger partial charge in [0.25, 0.3) is 5.60 Å². The fourth-order valence-corrected chi connectivity index (χ4v) is 8.09. The Labute approximate surface area is 249 Å². The number of alkyl halides is 6. The van der Waals surface area contributed by atoms with E-state index in [0.717, 1.165) is 36.4 Å². The molecule has 2 aliphatic rings. The maximum Gasteiger partial charge on any atom is 0.430 e. The summed E-state index contributed by atoms with van der Waals surface area (Å²) in [5.74, 6) is -2.24. The summed E-state index contributed by atoms with van der Waals surface area (Å²) < 4.78 is 126. The third-order valence-corrected chi connectivity index (χ3v) is 10.7. The van der Waals surface area contributed by atoms with Gasteiger partial charge in [0.1, 0.15) is 5.82 Å². The summed E-state index contributed by atoms with van der Waals surface area (Å²) in [5, 5.41) is 19.8. The lowest BCUT2D eigenvalue weighted by Gasteiger charge is -2.35. The minimum atomic E-state index is -6.11. The van der Waals surface area contributed by atoms with Crippen LogP contribution in [0.25, 0.3) is 0 Å². The Bertz CT molecular complexity index is 1410. The van der Waals surface area contributed by atoms with Gasteiger partial charge in [0, 0.05) is 43.0 Å². The first-order chi connectivity index (χ1) is 20.3. The summed E-state index contributed by atoms with van der Waals surface area (Å²) in [5.41, 5.74) is -8.06. The second kappa shape index (κ2) is 12.2. The molecule has 2 fully saturated rings. The minimum Gasteiger partial charge on any atom is -0.369 e. The van der Waals surface area contributed by atoms with Crippen molar-refractivity contribution in [2.24, 2.45) is 11.8 Å². The number of halogens is 7. The van der Waals surface area contributed by atoms with Crippen LogP contribution in [0, 0.1) is 17.7 Å². The summed E-state index contributed by atoms with van der Waals surface area (Å²) in [4.78, 5) is 14.7. The molecule has 2 aromatic carbocycles. The van der Waals surface area contributed by atoms with E-state index < -0.39 is 62.5 Å². The van der Waals surface area contributed by atoms with Gasteiger partial charge in [-0.15, -0.1) is 0 Å². The van der Waals surface area contributed by atoms with Gasteiger partial charge in [0.15, 0.2) is 16.1 Å². The van der Waals surface area contributed by atoms with Crippen molar-refractivity contribution in [3.63, 3.8) is 0 Å². The largest absolute Gasteiger partial charge is 0.430 e. The molecule has 44 heavy (non-hydrogen) atoms. The van der Waals surface area contributed by atoms with E-state index in [2.05, 4.69) is 0 Å². The number of aliphatic hydroxyl groups is 2. The predicted molar refractivity (Wildman–Crippen MR) is 142 cm³/mol. The van der Waals surface area contributed by atoms with Gasteiger partial charge in [-0.1, -0.05) is 24.3 Å². The highest BCUT2D eigenvalue weighted by atomic mass is 32.2. The number of ether oxygens (including phenoxy) is 1. The first kappa shape index (κ1) is 34.1. The van der Waals surface area contributed by atoms with E-state index in [4.69, 9.17) is 4.74 Å². The first-order valence-corrected chi connectivity index (χ1v) is 15.4. The number of aliphatic hydroxyl groups excluding tert-OH is 1. The summed E-state index contributed by atoms with van der Waals surface area (Å²) in [6.45, 7) is -0.135. The number of hydrogen-bond donors (Lipinski definition) is 2. The number of carbonyl (C=O) groups excluding carboxylic acids is 1. The molecule has 0 aromatic heterocycles. The van der Waals surface area contributed by atoms with Crippen LogP contribution in [0.3, 0.4) is 0 Å². The quantitative estimate of drug-likeness (QED) is 0.240. The zero-order valence-electron chi connectivity index (χ0n) is 23.5. The summed E-state index contributed by atoms with van der Waals surface area (Å²) in [6.07, 6.45) is -11.3. The molecular formula is C29H32F7NO6S. The van der Waals surface area contributed by atoms with Crippen LogP contribution in [0.5, 0.6) is 0 Å². The number of carbonyl (C=O) groups is 1. The lowest BCUT2D eigenvalue weighted by molar-refractivity contribution is -0.376. The van der Waals surface area contributed by atoms with Gasteiger partial charge in [-0.3, -0.25) is 4.79 Å². The lowest BCUT2D eigenvalue weighted by atomic mass is 9.79. The number of likely N-dealkylation sites (tertiary alicyclic amines) is 1. The number of rotatable bonds is 8. The molecule has 1 heterocycles. The van der Waals surface area contributed by atoms with Crippen molar-refractivity contribution in [2.45, 2.75) is 66.7 Å². The zero-order valence-corrected chi connectivity index (χ0v) is 24.4. The molecule has 4 rings (SSSR count). The molecular weight excluding hydrogens is 623 g/mol. The number of benzene rings is 2. The number of methoxy groups -OCH3 is 1. The average molecular weight is 656 g/mol. The van der Waals surface area contributed by atoms with Crippen molar-refractivity contribution in [1.82, 2.24) is 4.90 Å². The fourth-order valence-electron chi connectivity index (χ4n) is 6.24. The highest BCUT2D eigenvalue weighted by molar-refractivity contribution is 7.91. The van der Waals surface area contributed by atoms with Gasteiger partial charge < -0.3 is 19.8 Å². The van der Waals surface area contributed by atoms with Crippen molar-refractivity contribution < 1.29 is 58.9 Å². The van der Waals surface area contributed by atoms with Gasteiger partial charge >= 0.3 is 12.4 Å². The van der Waals surface area contributed by atoms with E-state index in [1.165, 1.54) is 12.0 Å². The standard InChI is InChI=1S/C29H32F7NO6S/c1-43-25(39)19-4-2-18(3-5-19)24(38)37-15-14-26(16-37,17-44(41,42)23-12-10-22(30)11-13-23)20-6-8-21(9-7-20)27(40,28(31,32)33)29(34,35)36/h6-13,18-19,25,39-40H,2-5,14-17H2,1H3/t18?,19?,25?,26-/m1/s1. The van der Waals surface area contributed by atoms with Gasteiger partial charge in [-0.05, 0) is 61.9 Å². The van der Waals surface area contributed by atoms with Crippen molar-refractivity contribution in [1.29, 1.82) is 0 Å². The third kappa shape index (κ3) is 6.46. The molecule has 2 aromatic rings. The Hall–Kier alpha value is -2.75. The van der Waals surface area contributed by atoms with Crippen molar-refractivity contribution in [3.05, 3.63) is 65.5 Å². The third-order valence-electron chi connectivity index (χ3n) is 8.81. The SMILES string of the molecule is COC(O)C1CCC(C(=O)N2CC[C@@](CS(=O)(=O)c3ccc(F)cc3)(c3ccc(C(O)(C(F)(F)F)C(F)(F)F)cc3)C2)CC1. The Kier molecular flexibility index (Phi) is 9.47. The van der Waals surface area contributed by atoms with Crippen LogP contribution in [-0.4, -0.2) is 74.0 Å². The second-order valence-electron chi connectivity index (χ2n) is 11.5. The summed E-state index contributed by atoms with van der Waals surface area (Å²) in [6, 6.07) is 6.67. The Morgan fingerprint density at radius 3 is 2.02 bits per heavy atom. The molecule has 1 aliphatic carbocycles. The monoisotopic (exact) mass is 655 g/mol. The number of amides is 1. The Balaban J connectivity index is 1.67. The van der Waals surface area contributed by atoms with Gasteiger partial charge in [-0.25, -0.2) is 12.8 Å². The van der Waals surface area contributed by atoms with E-state index in [1.807, 2.05) is 0 Å². The van der Waals surface area contributed by atoms with Crippen LogP contribution in [0.1, 0.15) is 43.2 Å². The molecule has 1 saturated heterocycles. The molecule has 15 heteroatoms.